The monoisotopic (exact) mass is 379 g/mol. The maximum atomic E-state index is 12.4. The van der Waals surface area contributed by atoms with E-state index in [4.69, 9.17) is 4.18 Å². The fraction of sp³-hybridized carbons (Fsp3) is 0.136. The average molecular weight is 379 g/mol. The minimum Gasteiger partial charge on any atom is -0.379 e. The van der Waals surface area contributed by atoms with Crippen LogP contribution in [0.1, 0.15) is 16.7 Å². The van der Waals surface area contributed by atoms with E-state index in [1.165, 1.54) is 0 Å². The zero-order valence-electron chi connectivity index (χ0n) is 15.1. The van der Waals surface area contributed by atoms with E-state index in [2.05, 4.69) is 4.99 Å². The van der Waals surface area contributed by atoms with Crippen molar-refractivity contribution in [1.82, 2.24) is 0 Å². The highest BCUT2D eigenvalue weighted by molar-refractivity contribution is 7.87. The van der Waals surface area contributed by atoms with E-state index < -0.39 is 10.1 Å². The Hall–Kier alpha value is -2.92. The Bertz CT molecular complexity index is 1010. The molecule has 0 fully saturated rings. The third-order valence-electron chi connectivity index (χ3n) is 3.98. The van der Waals surface area contributed by atoms with Crippen LogP contribution in [0.15, 0.2) is 88.8 Å². The Labute approximate surface area is 160 Å². The molecule has 0 heterocycles. The van der Waals surface area contributed by atoms with E-state index >= 15 is 0 Å². The van der Waals surface area contributed by atoms with E-state index in [1.54, 1.807) is 42.5 Å². The quantitative estimate of drug-likeness (QED) is 0.451. The van der Waals surface area contributed by atoms with Gasteiger partial charge in [-0.1, -0.05) is 60.2 Å². The van der Waals surface area contributed by atoms with Gasteiger partial charge in [-0.05, 0) is 48.7 Å². The second-order valence-electron chi connectivity index (χ2n) is 6.19. The standard InChI is InChI=1S/C22H21NO3S/c1-18-10-12-22(13-11-18)27(24,25)26-21-9-5-8-19(16-21)14-15-23-17-20-6-3-2-4-7-20/h2-13,16-17H,14-15H2,1H3. The van der Waals surface area contributed by atoms with Gasteiger partial charge in [0.2, 0.25) is 0 Å². The molecule has 0 spiro atoms. The lowest BCUT2D eigenvalue weighted by Crippen LogP contribution is -2.09. The van der Waals surface area contributed by atoms with E-state index in [-0.39, 0.29) is 4.90 Å². The van der Waals surface area contributed by atoms with Gasteiger partial charge < -0.3 is 4.18 Å². The van der Waals surface area contributed by atoms with Gasteiger partial charge in [-0.2, -0.15) is 8.42 Å². The van der Waals surface area contributed by atoms with E-state index in [0.29, 0.717) is 18.7 Å². The van der Waals surface area contributed by atoms with Crippen LogP contribution in [0.5, 0.6) is 5.75 Å². The first kappa shape index (κ1) is 18.9. The summed E-state index contributed by atoms with van der Waals surface area (Å²) in [6.45, 7) is 2.52. The molecule has 3 aromatic rings. The van der Waals surface area contributed by atoms with Crippen molar-refractivity contribution in [2.75, 3.05) is 6.54 Å². The van der Waals surface area contributed by atoms with Crippen molar-refractivity contribution in [3.8, 4) is 5.75 Å². The van der Waals surface area contributed by atoms with Gasteiger partial charge in [0.1, 0.15) is 10.6 Å². The summed E-state index contributed by atoms with van der Waals surface area (Å²) >= 11 is 0. The molecule has 0 N–H and O–H groups in total. The third kappa shape index (κ3) is 5.53. The summed E-state index contributed by atoms with van der Waals surface area (Å²) in [6.07, 6.45) is 2.54. The topological polar surface area (TPSA) is 55.7 Å². The summed E-state index contributed by atoms with van der Waals surface area (Å²) in [7, 11) is -3.84. The van der Waals surface area contributed by atoms with Crippen LogP contribution in [0.2, 0.25) is 0 Å². The van der Waals surface area contributed by atoms with Crippen molar-refractivity contribution < 1.29 is 12.6 Å². The predicted molar refractivity (Wildman–Crippen MR) is 108 cm³/mol. The summed E-state index contributed by atoms with van der Waals surface area (Å²) in [5, 5.41) is 0. The summed E-state index contributed by atoms with van der Waals surface area (Å²) in [6, 6.07) is 23.6. The Morgan fingerprint density at radius 3 is 2.41 bits per heavy atom. The summed E-state index contributed by atoms with van der Waals surface area (Å²) in [4.78, 5) is 4.56. The minimum absolute atomic E-state index is 0.144. The lowest BCUT2D eigenvalue weighted by Gasteiger charge is -2.08. The molecule has 138 valence electrons. The third-order valence-corrected chi connectivity index (χ3v) is 5.24. The molecule has 0 aliphatic heterocycles. The highest BCUT2D eigenvalue weighted by Gasteiger charge is 2.16. The number of nitrogens with zero attached hydrogens (tertiary/aromatic N) is 1. The Kier molecular flexibility index (Phi) is 6.04. The molecule has 0 bridgehead atoms. The fourth-order valence-electron chi connectivity index (χ4n) is 2.54. The van der Waals surface area contributed by atoms with Gasteiger partial charge in [-0.25, -0.2) is 0 Å². The molecule has 3 aromatic carbocycles. The summed E-state index contributed by atoms with van der Waals surface area (Å²) in [5.74, 6) is 0.306. The number of aliphatic imine (C=N–C) groups is 1. The van der Waals surface area contributed by atoms with Gasteiger partial charge in [0.15, 0.2) is 0 Å². The number of hydrogen-bond acceptors (Lipinski definition) is 4. The number of benzene rings is 3. The maximum Gasteiger partial charge on any atom is 0.339 e. The first-order valence-electron chi connectivity index (χ1n) is 8.68. The van der Waals surface area contributed by atoms with E-state index in [0.717, 1.165) is 16.7 Å². The van der Waals surface area contributed by atoms with Gasteiger partial charge in [-0.3, -0.25) is 4.99 Å². The highest BCUT2D eigenvalue weighted by Crippen LogP contribution is 2.20. The highest BCUT2D eigenvalue weighted by atomic mass is 32.2. The van der Waals surface area contributed by atoms with Crippen molar-refractivity contribution >= 4 is 16.3 Å². The van der Waals surface area contributed by atoms with Crippen LogP contribution in [-0.4, -0.2) is 21.2 Å². The Morgan fingerprint density at radius 1 is 0.926 bits per heavy atom. The molecule has 0 atom stereocenters. The molecule has 0 amide bonds. The van der Waals surface area contributed by atoms with Crippen LogP contribution in [0.25, 0.3) is 0 Å². The van der Waals surface area contributed by atoms with Crippen LogP contribution >= 0.6 is 0 Å². The second kappa shape index (κ2) is 8.64. The smallest absolute Gasteiger partial charge is 0.339 e. The van der Waals surface area contributed by atoms with Crippen LogP contribution in [-0.2, 0) is 16.5 Å². The van der Waals surface area contributed by atoms with Crippen molar-refractivity contribution in [3.05, 3.63) is 95.6 Å². The molecule has 0 saturated heterocycles. The van der Waals surface area contributed by atoms with Gasteiger partial charge in [-0.15, -0.1) is 0 Å². The Morgan fingerprint density at radius 2 is 1.67 bits per heavy atom. The zero-order valence-corrected chi connectivity index (χ0v) is 15.9. The van der Waals surface area contributed by atoms with E-state index in [9.17, 15) is 8.42 Å². The van der Waals surface area contributed by atoms with Crippen LogP contribution in [0.3, 0.4) is 0 Å². The molecule has 0 unspecified atom stereocenters. The van der Waals surface area contributed by atoms with Gasteiger partial charge >= 0.3 is 10.1 Å². The molecule has 5 heteroatoms. The second-order valence-corrected chi connectivity index (χ2v) is 7.74. The molecular weight excluding hydrogens is 358 g/mol. The largest absolute Gasteiger partial charge is 0.379 e. The zero-order chi connectivity index (χ0) is 19.1. The number of hydrogen-bond donors (Lipinski definition) is 0. The Balaban J connectivity index is 1.63. The van der Waals surface area contributed by atoms with Crippen LogP contribution in [0.4, 0.5) is 0 Å². The molecule has 0 radical (unpaired) electrons. The SMILES string of the molecule is Cc1ccc(S(=O)(=O)Oc2cccc(CCN=Cc3ccccc3)c2)cc1. The molecule has 0 aliphatic rings. The average Bonchev–Trinajstić information content (AvgIpc) is 2.66. The van der Waals surface area contributed by atoms with Crippen LogP contribution < -0.4 is 4.18 Å². The summed E-state index contributed by atoms with van der Waals surface area (Å²) < 4.78 is 30.1. The number of rotatable bonds is 7. The van der Waals surface area contributed by atoms with Crippen molar-refractivity contribution in [3.63, 3.8) is 0 Å². The first-order valence-corrected chi connectivity index (χ1v) is 10.1. The van der Waals surface area contributed by atoms with Gasteiger partial charge in [0, 0.05) is 12.8 Å². The maximum absolute atomic E-state index is 12.4. The van der Waals surface area contributed by atoms with Crippen molar-refractivity contribution in [2.45, 2.75) is 18.2 Å². The molecule has 27 heavy (non-hydrogen) atoms. The lowest BCUT2D eigenvalue weighted by atomic mass is 10.1. The van der Waals surface area contributed by atoms with E-state index in [1.807, 2.05) is 49.5 Å². The molecule has 3 rings (SSSR count). The molecular formula is C22H21NO3S. The molecule has 0 aliphatic carbocycles. The van der Waals surface area contributed by atoms with Gasteiger partial charge in [0.05, 0.1) is 0 Å². The van der Waals surface area contributed by atoms with Gasteiger partial charge in [0.25, 0.3) is 0 Å². The van der Waals surface area contributed by atoms with Crippen LogP contribution in [0, 0.1) is 6.92 Å². The number of aryl methyl sites for hydroxylation is 1. The van der Waals surface area contributed by atoms with Crippen molar-refractivity contribution in [2.24, 2.45) is 4.99 Å². The molecule has 0 saturated carbocycles. The fourth-order valence-corrected chi connectivity index (χ4v) is 3.46. The first-order chi connectivity index (χ1) is 13.0. The minimum atomic E-state index is -3.84. The van der Waals surface area contributed by atoms with Crippen molar-refractivity contribution in [1.29, 1.82) is 0 Å². The normalized spacial score (nSPS) is 11.6. The predicted octanol–water partition coefficient (Wildman–Crippen LogP) is 4.42. The molecule has 0 aromatic heterocycles. The summed E-state index contributed by atoms with van der Waals surface area (Å²) in [5.41, 5.74) is 3.02. The lowest BCUT2D eigenvalue weighted by molar-refractivity contribution is 0.486. The molecule has 4 nitrogen and oxygen atoms in total.